The van der Waals surface area contributed by atoms with Gasteiger partial charge in [0, 0.05) is 7.11 Å². The summed E-state index contributed by atoms with van der Waals surface area (Å²) in [5.74, 6) is 0.427. The Bertz CT molecular complexity index is 357. The molecule has 0 aromatic heterocycles. The second-order valence-electron chi connectivity index (χ2n) is 3.98. The number of aryl methyl sites for hydroxylation is 1. The predicted octanol–water partition coefficient (Wildman–Crippen LogP) is 2.19. The molecule has 0 aliphatic rings. The molecule has 1 aromatic carbocycles. The summed E-state index contributed by atoms with van der Waals surface area (Å²) in [6.45, 7) is 4.84. The zero-order chi connectivity index (χ0) is 13.9. The van der Waals surface area contributed by atoms with Crippen molar-refractivity contribution in [2.24, 2.45) is 0 Å². The van der Waals surface area contributed by atoms with Crippen LogP contribution >= 0.6 is 0 Å². The minimum absolute atomic E-state index is 0.225. The average molecular weight is 272 g/mol. The zero-order valence-corrected chi connectivity index (χ0v) is 11.5. The van der Waals surface area contributed by atoms with Crippen molar-refractivity contribution in [1.29, 1.82) is 0 Å². The summed E-state index contributed by atoms with van der Waals surface area (Å²) in [5.41, 5.74) is 0.574. The maximum atomic E-state index is 13.0. The highest BCUT2D eigenvalue weighted by Crippen LogP contribution is 2.15. The van der Waals surface area contributed by atoms with Crippen LogP contribution in [-0.2, 0) is 14.2 Å². The largest absolute Gasteiger partial charge is 0.491 e. The first kappa shape index (κ1) is 15.9. The van der Waals surface area contributed by atoms with Crippen LogP contribution in [0.2, 0.25) is 0 Å². The molecule has 0 aliphatic heterocycles. The second-order valence-corrected chi connectivity index (χ2v) is 3.98. The Kier molecular flexibility index (Phi) is 8.13. The Morgan fingerprint density at radius 1 is 0.947 bits per heavy atom. The van der Waals surface area contributed by atoms with E-state index in [0.29, 0.717) is 51.0 Å². The molecule has 19 heavy (non-hydrogen) atoms. The van der Waals surface area contributed by atoms with Crippen LogP contribution < -0.4 is 4.74 Å². The van der Waals surface area contributed by atoms with E-state index in [1.165, 1.54) is 6.07 Å². The number of hydrogen-bond acceptors (Lipinski definition) is 4. The first-order valence-electron chi connectivity index (χ1n) is 6.27. The molecule has 0 aliphatic carbocycles. The Hall–Kier alpha value is -1.17. The number of benzene rings is 1. The molecule has 0 heterocycles. The summed E-state index contributed by atoms with van der Waals surface area (Å²) in [6, 6.07) is 4.68. The molecule has 0 saturated heterocycles. The van der Waals surface area contributed by atoms with Crippen molar-refractivity contribution >= 4 is 0 Å². The van der Waals surface area contributed by atoms with Gasteiger partial charge in [-0.05, 0) is 30.7 Å². The Balaban J connectivity index is 2.00. The van der Waals surface area contributed by atoms with Crippen LogP contribution in [0.25, 0.3) is 0 Å². The lowest BCUT2D eigenvalue weighted by Crippen LogP contribution is -2.12. The highest BCUT2D eigenvalue weighted by atomic mass is 19.1. The van der Waals surface area contributed by atoms with Gasteiger partial charge in [-0.15, -0.1) is 0 Å². The summed E-state index contributed by atoms with van der Waals surface area (Å²) in [4.78, 5) is 0. The van der Waals surface area contributed by atoms with Crippen LogP contribution in [0, 0.1) is 12.7 Å². The zero-order valence-electron chi connectivity index (χ0n) is 11.5. The summed E-state index contributed by atoms with van der Waals surface area (Å²) < 4.78 is 33.8. The number of halogens is 1. The minimum atomic E-state index is -0.225. The first-order chi connectivity index (χ1) is 9.24. The van der Waals surface area contributed by atoms with Gasteiger partial charge >= 0.3 is 0 Å². The van der Waals surface area contributed by atoms with Crippen LogP contribution in [0.15, 0.2) is 18.2 Å². The van der Waals surface area contributed by atoms with E-state index >= 15 is 0 Å². The number of rotatable bonds is 10. The molecular weight excluding hydrogens is 251 g/mol. The van der Waals surface area contributed by atoms with Crippen LogP contribution in [0.4, 0.5) is 4.39 Å². The monoisotopic (exact) mass is 272 g/mol. The first-order valence-corrected chi connectivity index (χ1v) is 6.27. The van der Waals surface area contributed by atoms with Crippen molar-refractivity contribution in [1.82, 2.24) is 0 Å². The number of hydrogen-bond donors (Lipinski definition) is 0. The number of methoxy groups -OCH3 is 1. The Morgan fingerprint density at radius 3 is 2.21 bits per heavy atom. The van der Waals surface area contributed by atoms with Crippen LogP contribution in [0.1, 0.15) is 5.56 Å². The SMILES string of the molecule is COCCOCCOCCOc1ccc(F)c(C)c1. The Labute approximate surface area is 113 Å². The third-order valence-corrected chi connectivity index (χ3v) is 2.43. The summed E-state index contributed by atoms with van der Waals surface area (Å²) in [6.07, 6.45) is 0. The maximum Gasteiger partial charge on any atom is 0.126 e. The van der Waals surface area contributed by atoms with Crippen molar-refractivity contribution in [3.8, 4) is 5.75 Å². The average Bonchev–Trinajstić information content (AvgIpc) is 2.41. The van der Waals surface area contributed by atoms with Gasteiger partial charge in [0.1, 0.15) is 18.2 Å². The standard InChI is InChI=1S/C14H21FO4/c1-12-11-13(3-4-14(12)15)19-10-9-18-8-7-17-6-5-16-2/h3-4,11H,5-10H2,1-2H3. The molecule has 0 amide bonds. The van der Waals surface area contributed by atoms with Crippen LogP contribution in [-0.4, -0.2) is 46.8 Å². The van der Waals surface area contributed by atoms with Crippen LogP contribution in [0.5, 0.6) is 5.75 Å². The lowest BCUT2D eigenvalue weighted by Gasteiger charge is -2.08. The summed E-state index contributed by atoms with van der Waals surface area (Å²) >= 11 is 0. The van der Waals surface area contributed by atoms with Gasteiger partial charge < -0.3 is 18.9 Å². The van der Waals surface area contributed by atoms with Crippen molar-refractivity contribution < 1.29 is 23.3 Å². The van der Waals surface area contributed by atoms with E-state index in [2.05, 4.69) is 0 Å². The van der Waals surface area contributed by atoms with Gasteiger partial charge in [-0.1, -0.05) is 0 Å². The van der Waals surface area contributed by atoms with E-state index in [9.17, 15) is 4.39 Å². The fourth-order valence-corrected chi connectivity index (χ4v) is 1.39. The van der Waals surface area contributed by atoms with Gasteiger partial charge in [0.25, 0.3) is 0 Å². The Morgan fingerprint density at radius 2 is 1.58 bits per heavy atom. The smallest absolute Gasteiger partial charge is 0.126 e. The molecule has 0 atom stereocenters. The van der Waals surface area contributed by atoms with E-state index in [1.807, 2.05) is 0 Å². The predicted molar refractivity (Wildman–Crippen MR) is 70.1 cm³/mol. The quantitative estimate of drug-likeness (QED) is 0.612. The van der Waals surface area contributed by atoms with Crippen molar-refractivity contribution in [3.63, 3.8) is 0 Å². The molecule has 108 valence electrons. The molecular formula is C14H21FO4. The lowest BCUT2D eigenvalue weighted by molar-refractivity contribution is 0.0179. The van der Waals surface area contributed by atoms with Crippen molar-refractivity contribution in [2.75, 3.05) is 46.8 Å². The van der Waals surface area contributed by atoms with Gasteiger partial charge in [-0.3, -0.25) is 0 Å². The summed E-state index contributed by atoms with van der Waals surface area (Å²) in [5, 5.41) is 0. The van der Waals surface area contributed by atoms with Gasteiger partial charge in [-0.25, -0.2) is 4.39 Å². The molecule has 0 bridgehead atoms. The fourth-order valence-electron chi connectivity index (χ4n) is 1.39. The maximum absolute atomic E-state index is 13.0. The molecule has 1 aromatic rings. The summed E-state index contributed by atoms with van der Waals surface area (Å²) in [7, 11) is 1.63. The minimum Gasteiger partial charge on any atom is -0.491 e. The van der Waals surface area contributed by atoms with Gasteiger partial charge in [0.15, 0.2) is 0 Å². The van der Waals surface area contributed by atoms with Crippen molar-refractivity contribution in [3.05, 3.63) is 29.6 Å². The molecule has 0 N–H and O–H groups in total. The van der Waals surface area contributed by atoms with Crippen LogP contribution in [0.3, 0.4) is 0 Å². The normalized spacial score (nSPS) is 10.7. The van der Waals surface area contributed by atoms with Crippen molar-refractivity contribution in [2.45, 2.75) is 6.92 Å². The number of ether oxygens (including phenoxy) is 4. The lowest BCUT2D eigenvalue weighted by atomic mass is 10.2. The third kappa shape index (κ3) is 7.10. The van der Waals surface area contributed by atoms with Gasteiger partial charge in [-0.2, -0.15) is 0 Å². The van der Waals surface area contributed by atoms with E-state index in [1.54, 1.807) is 26.2 Å². The third-order valence-electron chi connectivity index (χ3n) is 2.43. The molecule has 0 spiro atoms. The highest BCUT2D eigenvalue weighted by molar-refractivity contribution is 5.28. The second kappa shape index (κ2) is 9.72. The molecule has 1 rings (SSSR count). The molecule has 0 saturated carbocycles. The highest BCUT2D eigenvalue weighted by Gasteiger charge is 1.99. The van der Waals surface area contributed by atoms with E-state index in [-0.39, 0.29) is 5.82 Å². The topological polar surface area (TPSA) is 36.9 Å². The van der Waals surface area contributed by atoms with Gasteiger partial charge in [0.2, 0.25) is 0 Å². The van der Waals surface area contributed by atoms with E-state index < -0.39 is 0 Å². The molecule has 5 heteroatoms. The molecule has 4 nitrogen and oxygen atoms in total. The molecule has 0 fully saturated rings. The van der Waals surface area contributed by atoms with E-state index in [4.69, 9.17) is 18.9 Å². The van der Waals surface area contributed by atoms with E-state index in [0.717, 1.165) is 0 Å². The fraction of sp³-hybridized carbons (Fsp3) is 0.571. The molecule has 0 unspecified atom stereocenters. The molecule has 0 radical (unpaired) electrons. The van der Waals surface area contributed by atoms with Gasteiger partial charge in [0.05, 0.1) is 33.0 Å².